The first kappa shape index (κ1) is 13.5. The number of nitrogens with one attached hydrogen (secondary N) is 1. The quantitative estimate of drug-likeness (QED) is 0.808. The number of hydrogen-bond acceptors (Lipinski definition) is 3. The first-order valence-electron chi connectivity index (χ1n) is 7.37. The van der Waals surface area contributed by atoms with E-state index in [1.807, 2.05) is 4.68 Å². The molecule has 1 heterocycles. The molecule has 1 aromatic heterocycles. The molecule has 0 aromatic carbocycles. The number of nitrogens with zero attached hydrogens (tertiary/aromatic N) is 3. The SMILES string of the molecule is CCn1ncnc1CC(CCC1CCCC1)NC. The van der Waals surface area contributed by atoms with E-state index in [2.05, 4.69) is 29.4 Å². The summed E-state index contributed by atoms with van der Waals surface area (Å²) in [7, 11) is 2.06. The summed E-state index contributed by atoms with van der Waals surface area (Å²) in [5.74, 6) is 2.09. The molecule has 2 rings (SSSR count). The molecule has 1 aliphatic carbocycles. The van der Waals surface area contributed by atoms with E-state index in [0.29, 0.717) is 6.04 Å². The Morgan fingerprint density at radius 1 is 1.44 bits per heavy atom. The van der Waals surface area contributed by atoms with Gasteiger partial charge >= 0.3 is 0 Å². The molecule has 1 aromatic rings. The maximum Gasteiger partial charge on any atom is 0.138 e. The highest BCUT2D eigenvalue weighted by Crippen LogP contribution is 2.29. The van der Waals surface area contributed by atoms with E-state index in [0.717, 1.165) is 24.7 Å². The summed E-state index contributed by atoms with van der Waals surface area (Å²) >= 11 is 0. The van der Waals surface area contributed by atoms with Crippen molar-refractivity contribution in [2.75, 3.05) is 7.05 Å². The maximum absolute atomic E-state index is 4.37. The van der Waals surface area contributed by atoms with E-state index < -0.39 is 0 Å². The van der Waals surface area contributed by atoms with Gasteiger partial charge in [0, 0.05) is 19.0 Å². The summed E-state index contributed by atoms with van der Waals surface area (Å²) in [6, 6.07) is 0.542. The zero-order valence-electron chi connectivity index (χ0n) is 11.7. The number of hydrogen-bond donors (Lipinski definition) is 1. The monoisotopic (exact) mass is 250 g/mol. The Morgan fingerprint density at radius 3 is 2.89 bits per heavy atom. The molecule has 0 radical (unpaired) electrons. The molecule has 0 bridgehead atoms. The van der Waals surface area contributed by atoms with Crippen molar-refractivity contribution in [2.45, 2.75) is 64.5 Å². The van der Waals surface area contributed by atoms with Gasteiger partial charge in [0.2, 0.25) is 0 Å². The Hall–Kier alpha value is -0.900. The van der Waals surface area contributed by atoms with E-state index >= 15 is 0 Å². The van der Waals surface area contributed by atoms with Crippen LogP contribution in [0.2, 0.25) is 0 Å². The Labute approximate surface area is 110 Å². The van der Waals surface area contributed by atoms with Crippen molar-refractivity contribution in [3.63, 3.8) is 0 Å². The molecule has 1 aliphatic rings. The van der Waals surface area contributed by atoms with Crippen LogP contribution in [0.3, 0.4) is 0 Å². The van der Waals surface area contributed by atoms with Gasteiger partial charge in [0.05, 0.1) is 0 Å². The van der Waals surface area contributed by atoms with E-state index in [-0.39, 0.29) is 0 Å². The lowest BCUT2D eigenvalue weighted by molar-refractivity contribution is 0.409. The number of likely N-dealkylation sites (N-methyl/N-ethyl adjacent to an activating group) is 1. The van der Waals surface area contributed by atoms with Gasteiger partial charge in [0.1, 0.15) is 12.2 Å². The van der Waals surface area contributed by atoms with Crippen LogP contribution in [0, 0.1) is 5.92 Å². The third kappa shape index (κ3) is 3.55. The van der Waals surface area contributed by atoms with Gasteiger partial charge in [-0.2, -0.15) is 5.10 Å². The summed E-state index contributed by atoms with van der Waals surface area (Å²) < 4.78 is 2.00. The van der Waals surface area contributed by atoms with Crippen molar-refractivity contribution in [2.24, 2.45) is 5.92 Å². The first-order chi connectivity index (χ1) is 8.83. The van der Waals surface area contributed by atoms with Crippen LogP contribution in [0.1, 0.15) is 51.3 Å². The lowest BCUT2D eigenvalue weighted by Crippen LogP contribution is -2.29. The van der Waals surface area contributed by atoms with Gasteiger partial charge in [-0.15, -0.1) is 0 Å². The summed E-state index contributed by atoms with van der Waals surface area (Å²) in [4.78, 5) is 4.37. The average molecular weight is 250 g/mol. The van der Waals surface area contributed by atoms with E-state index in [4.69, 9.17) is 0 Å². The van der Waals surface area contributed by atoms with Crippen molar-refractivity contribution < 1.29 is 0 Å². The molecular weight excluding hydrogens is 224 g/mol. The van der Waals surface area contributed by atoms with Gasteiger partial charge < -0.3 is 5.32 Å². The second-order valence-electron chi connectivity index (χ2n) is 5.41. The Morgan fingerprint density at radius 2 is 2.22 bits per heavy atom. The summed E-state index contributed by atoms with van der Waals surface area (Å²) in [6.45, 7) is 3.03. The average Bonchev–Trinajstić information content (AvgIpc) is 3.05. The third-order valence-electron chi connectivity index (χ3n) is 4.23. The topological polar surface area (TPSA) is 42.7 Å². The third-order valence-corrected chi connectivity index (χ3v) is 4.23. The van der Waals surface area contributed by atoms with Gasteiger partial charge in [-0.25, -0.2) is 4.98 Å². The Balaban J connectivity index is 1.81. The van der Waals surface area contributed by atoms with E-state index in [1.165, 1.54) is 38.5 Å². The number of rotatable bonds is 7. The highest BCUT2D eigenvalue weighted by molar-refractivity contribution is 4.89. The normalized spacial score (nSPS) is 18.3. The van der Waals surface area contributed by atoms with Crippen molar-refractivity contribution in [1.82, 2.24) is 20.1 Å². The van der Waals surface area contributed by atoms with Crippen LogP contribution in [0.15, 0.2) is 6.33 Å². The molecular formula is C14H26N4. The number of aryl methyl sites for hydroxylation is 1. The molecule has 1 unspecified atom stereocenters. The van der Waals surface area contributed by atoms with Gasteiger partial charge in [-0.3, -0.25) is 4.68 Å². The van der Waals surface area contributed by atoms with Crippen molar-refractivity contribution in [1.29, 1.82) is 0 Å². The number of aromatic nitrogens is 3. The molecule has 102 valence electrons. The molecule has 18 heavy (non-hydrogen) atoms. The van der Waals surface area contributed by atoms with Gasteiger partial charge in [0.25, 0.3) is 0 Å². The van der Waals surface area contributed by atoms with Crippen molar-refractivity contribution in [3.8, 4) is 0 Å². The fourth-order valence-corrected chi connectivity index (χ4v) is 3.02. The minimum atomic E-state index is 0.542. The standard InChI is InChI=1S/C14H26N4/c1-3-18-14(16-11-17-18)10-13(15-2)9-8-12-6-4-5-7-12/h11-13,15H,3-10H2,1-2H3. The van der Waals surface area contributed by atoms with Gasteiger partial charge in [-0.1, -0.05) is 25.7 Å². The van der Waals surface area contributed by atoms with Crippen LogP contribution in [-0.4, -0.2) is 27.9 Å². The summed E-state index contributed by atoms with van der Waals surface area (Å²) in [6.07, 6.45) is 11.1. The smallest absolute Gasteiger partial charge is 0.138 e. The molecule has 1 atom stereocenters. The van der Waals surface area contributed by atoms with Gasteiger partial charge in [0.15, 0.2) is 0 Å². The van der Waals surface area contributed by atoms with Crippen molar-refractivity contribution in [3.05, 3.63) is 12.2 Å². The van der Waals surface area contributed by atoms with Crippen LogP contribution in [0.4, 0.5) is 0 Å². The zero-order chi connectivity index (χ0) is 12.8. The molecule has 0 aliphatic heterocycles. The van der Waals surface area contributed by atoms with Crippen LogP contribution in [0.5, 0.6) is 0 Å². The highest BCUT2D eigenvalue weighted by atomic mass is 15.3. The fourth-order valence-electron chi connectivity index (χ4n) is 3.02. The van der Waals surface area contributed by atoms with Crippen LogP contribution in [-0.2, 0) is 13.0 Å². The van der Waals surface area contributed by atoms with Crippen molar-refractivity contribution >= 4 is 0 Å². The Bertz CT molecular complexity index is 341. The molecule has 4 heteroatoms. The largest absolute Gasteiger partial charge is 0.317 e. The molecule has 4 nitrogen and oxygen atoms in total. The fraction of sp³-hybridized carbons (Fsp3) is 0.857. The molecule has 1 fully saturated rings. The summed E-state index contributed by atoms with van der Waals surface area (Å²) in [5.41, 5.74) is 0. The lowest BCUT2D eigenvalue weighted by Gasteiger charge is -2.18. The maximum atomic E-state index is 4.37. The minimum Gasteiger partial charge on any atom is -0.317 e. The van der Waals surface area contributed by atoms with Crippen LogP contribution in [0.25, 0.3) is 0 Å². The minimum absolute atomic E-state index is 0.542. The highest BCUT2D eigenvalue weighted by Gasteiger charge is 2.18. The molecule has 0 spiro atoms. The molecule has 0 amide bonds. The van der Waals surface area contributed by atoms with E-state index in [9.17, 15) is 0 Å². The van der Waals surface area contributed by atoms with E-state index in [1.54, 1.807) is 6.33 Å². The second kappa shape index (κ2) is 6.88. The predicted octanol–water partition coefficient (Wildman–Crippen LogP) is 2.40. The predicted molar refractivity (Wildman–Crippen MR) is 73.4 cm³/mol. The Kier molecular flexibility index (Phi) is 5.17. The molecule has 1 saturated carbocycles. The lowest BCUT2D eigenvalue weighted by atomic mass is 9.97. The van der Waals surface area contributed by atoms with Crippen LogP contribution < -0.4 is 5.32 Å². The summed E-state index contributed by atoms with van der Waals surface area (Å²) in [5, 5.41) is 7.67. The second-order valence-corrected chi connectivity index (χ2v) is 5.41. The zero-order valence-corrected chi connectivity index (χ0v) is 11.7. The molecule has 1 N–H and O–H groups in total. The molecule has 0 saturated heterocycles. The van der Waals surface area contributed by atoms with Crippen LogP contribution >= 0.6 is 0 Å². The first-order valence-corrected chi connectivity index (χ1v) is 7.37. The van der Waals surface area contributed by atoms with Gasteiger partial charge in [-0.05, 0) is 32.7 Å².